The number of methoxy groups -OCH3 is 1. The van der Waals surface area contributed by atoms with Gasteiger partial charge in [0.1, 0.15) is 16.4 Å². The summed E-state index contributed by atoms with van der Waals surface area (Å²) < 4.78 is 16.4. The topological polar surface area (TPSA) is 115 Å². The van der Waals surface area contributed by atoms with E-state index in [9.17, 15) is 14.7 Å². The maximum atomic E-state index is 12.5. The number of para-hydroxylation sites is 1. The number of nitrogens with zero attached hydrogens (tertiary/aromatic N) is 1. The maximum absolute atomic E-state index is 12.5. The minimum atomic E-state index is -1.10. The Balaban J connectivity index is 2.02. The van der Waals surface area contributed by atoms with Gasteiger partial charge in [-0.15, -0.1) is 0 Å². The normalized spacial score (nSPS) is 15.7. The third kappa shape index (κ3) is 6.08. The highest BCUT2D eigenvalue weighted by molar-refractivity contribution is 14.1. The van der Waals surface area contributed by atoms with E-state index in [1.54, 1.807) is 37.3 Å². The largest absolute Gasteiger partial charge is 0.506 e. The molecule has 3 rings (SSSR count). The molecule has 2 aromatic rings. The highest BCUT2D eigenvalue weighted by Crippen LogP contribution is 2.41. The van der Waals surface area contributed by atoms with E-state index < -0.39 is 18.5 Å². The van der Waals surface area contributed by atoms with Crippen molar-refractivity contribution in [1.82, 2.24) is 0 Å². The molecule has 0 aliphatic carbocycles. The molecule has 1 heterocycles. The molecule has 8 nitrogen and oxygen atoms in total. The van der Waals surface area contributed by atoms with Crippen molar-refractivity contribution in [2.75, 3.05) is 20.3 Å². The molecule has 172 valence electrons. The lowest BCUT2D eigenvalue weighted by Gasteiger charge is -2.12. The molecule has 2 aromatic carbocycles. The molecule has 0 spiro atoms. The van der Waals surface area contributed by atoms with Gasteiger partial charge in [-0.1, -0.05) is 30.0 Å². The van der Waals surface area contributed by atoms with E-state index in [2.05, 4.69) is 4.99 Å². The number of thioether (sulfide) groups is 1. The predicted molar refractivity (Wildman–Crippen MR) is 134 cm³/mol. The highest BCUT2D eigenvalue weighted by atomic mass is 127. The Morgan fingerprint density at radius 1 is 1.21 bits per heavy atom. The molecule has 0 saturated carbocycles. The molecule has 0 amide bonds. The van der Waals surface area contributed by atoms with Crippen LogP contribution in [0.3, 0.4) is 0 Å². The number of aliphatic hydroxyl groups excluding tert-OH is 1. The number of carbonyl (C=O) groups excluding carboxylic acids is 1. The molecule has 2 N–H and O–H groups in total. The van der Waals surface area contributed by atoms with E-state index in [1.165, 1.54) is 7.11 Å². The number of carboxylic acids is 1. The number of carbonyl (C=O) groups is 2. The zero-order chi connectivity index (χ0) is 24.0. The third-order valence-corrected chi connectivity index (χ3v) is 6.07. The fourth-order valence-corrected chi connectivity index (χ4v) is 4.68. The van der Waals surface area contributed by atoms with E-state index in [4.69, 9.17) is 19.3 Å². The number of aliphatic imine (C=N–C) groups is 1. The summed E-state index contributed by atoms with van der Waals surface area (Å²) in [5.74, 6) is -1.35. The van der Waals surface area contributed by atoms with Crippen LogP contribution in [0.2, 0.25) is 0 Å². The first-order valence-corrected chi connectivity index (χ1v) is 11.6. The summed E-state index contributed by atoms with van der Waals surface area (Å²) in [7, 11) is 1.45. The van der Waals surface area contributed by atoms with Crippen molar-refractivity contribution in [2.45, 2.75) is 6.92 Å². The molecular weight excluding hydrogens is 561 g/mol. The van der Waals surface area contributed by atoms with Crippen LogP contribution in [0, 0.1) is 3.57 Å². The summed E-state index contributed by atoms with van der Waals surface area (Å²) in [4.78, 5) is 28.3. The van der Waals surface area contributed by atoms with Gasteiger partial charge in [0.2, 0.25) is 0 Å². The number of rotatable bonds is 8. The van der Waals surface area contributed by atoms with Crippen molar-refractivity contribution in [3.05, 3.63) is 67.8 Å². The van der Waals surface area contributed by atoms with E-state index in [-0.39, 0.29) is 17.9 Å². The minimum absolute atomic E-state index is 0.0000247. The van der Waals surface area contributed by atoms with Crippen LogP contribution in [-0.2, 0) is 14.3 Å². The lowest BCUT2D eigenvalue weighted by Crippen LogP contribution is -2.12. The summed E-state index contributed by atoms with van der Waals surface area (Å²) in [6, 6.07) is 12.5. The number of esters is 1. The fraction of sp³-hybridized carbons (Fsp3) is 0.174. The van der Waals surface area contributed by atoms with Gasteiger partial charge in [-0.05, 0) is 65.4 Å². The Hall–Kier alpha value is -2.99. The van der Waals surface area contributed by atoms with Crippen LogP contribution in [0.25, 0.3) is 6.08 Å². The predicted octanol–water partition coefficient (Wildman–Crippen LogP) is 4.96. The van der Waals surface area contributed by atoms with Crippen LogP contribution in [0.15, 0.2) is 63.7 Å². The summed E-state index contributed by atoms with van der Waals surface area (Å²) in [5.41, 5.74) is 1.28. The van der Waals surface area contributed by atoms with Crippen molar-refractivity contribution in [3.8, 4) is 11.5 Å². The quantitative estimate of drug-likeness (QED) is 0.333. The van der Waals surface area contributed by atoms with E-state index in [1.807, 2.05) is 40.8 Å². The first-order chi connectivity index (χ1) is 15.8. The summed E-state index contributed by atoms with van der Waals surface area (Å²) in [5, 5.41) is 20.0. The first-order valence-electron chi connectivity index (χ1n) is 9.70. The zero-order valence-corrected chi connectivity index (χ0v) is 20.7. The van der Waals surface area contributed by atoms with Gasteiger partial charge in [0.25, 0.3) is 0 Å². The molecule has 0 atom stereocenters. The standard InChI is InChI=1S/C23H20INO7S/c1-3-31-23(29)19-20(28)17(33-22(19)25-14-7-5-4-6-8-14)11-13-9-15(24)21(16(10-13)30-2)32-12-18(26)27/h4-11,28H,3,12H2,1-2H3,(H,26,27)/b17-11-,25-22?. The Bertz CT molecular complexity index is 1160. The number of aliphatic carboxylic acids is 1. The number of hydrogen-bond acceptors (Lipinski definition) is 8. The minimum Gasteiger partial charge on any atom is -0.506 e. The van der Waals surface area contributed by atoms with Crippen LogP contribution >= 0.6 is 34.4 Å². The van der Waals surface area contributed by atoms with Crippen LogP contribution in [0.5, 0.6) is 11.5 Å². The second kappa shape index (κ2) is 11.2. The van der Waals surface area contributed by atoms with Crippen LogP contribution in [0.4, 0.5) is 5.69 Å². The molecule has 10 heteroatoms. The molecule has 0 aromatic heterocycles. The van der Waals surface area contributed by atoms with Gasteiger partial charge in [-0.2, -0.15) is 0 Å². The van der Waals surface area contributed by atoms with Crippen molar-refractivity contribution in [1.29, 1.82) is 0 Å². The average molecular weight is 581 g/mol. The SMILES string of the molecule is CCOC(=O)C1=C(O)/C(=C/c2cc(I)c(OCC(=O)O)c(OC)c2)SC1=Nc1ccccc1. The van der Waals surface area contributed by atoms with E-state index in [0.29, 0.717) is 36.3 Å². The van der Waals surface area contributed by atoms with Crippen LogP contribution in [-0.4, -0.2) is 47.5 Å². The van der Waals surface area contributed by atoms with E-state index >= 15 is 0 Å². The van der Waals surface area contributed by atoms with Gasteiger partial charge in [0, 0.05) is 0 Å². The highest BCUT2D eigenvalue weighted by Gasteiger charge is 2.33. The third-order valence-electron chi connectivity index (χ3n) is 4.25. The average Bonchev–Trinajstić information content (AvgIpc) is 3.07. The molecular formula is C23H20INO7S. The smallest absolute Gasteiger partial charge is 0.344 e. The summed E-state index contributed by atoms with van der Waals surface area (Å²) >= 11 is 3.15. The number of benzene rings is 2. The number of aliphatic hydroxyl groups is 1. The Labute approximate surface area is 208 Å². The molecule has 1 aliphatic rings. The number of carboxylic acid groups (broad SMARTS) is 1. The van der Waals surface area contributed by atoms with Gasteiger partial charge in [0.15, 0.2) is 18.1 Å². The molecule has 0 bridgehead atoms. The molecule has 0 unspecified atom stereocenters. The van der Waals surface area contributed by atoms with Gasteiger partial charge in [0.05, 0.1) is 27.9 Å². The van der Waals surface area contributed by atoms with Crippen molar-refractivity contribution in [3.63, 3.8) is 0 Å². The van der Waals surface area contributed by atoms with Gasteiger partial charge in [-0.25, -0.2) is 14.6 Å². The van der Waals surface area contributed by atoms with Crippen LogP contribution in [0.1, 0.15) is 12.5 Å². The van der Waals surface area contributed by atoms with Crippen molar-refractivity contribution < 1.29 is 34.0 Å². The monoisotopic (exact) mass is 581 g/mol. The Morgan fingerprint density at radius 2 is 1.94 bits per heavy atom. The lowest BCUT2D eigenvalue weighted by molar-refractivity contribution is -0.139. The lowest BCUT2D eigenvalue weighted by atomic mass is 10.1. The number of halogens is 1. The Morgan fingerprint density at radius 3 is 2.58 bits per heavy atom. The second-order valence-electron chi connectivity index (χ2n) is 6.52. The fourth-order valence-electron chi connectivity index (χ4n) is 2.86. The number of ether oxygens (including phenoxy) is 3. The van der Waals surface area contributed by atoms with Gasteiger partial charge < -0.3 is 24.4 Å². The zero-order valence-electron chi connectivity index (χ0n) is 17.7. The maximum Gasteiger partial charge on any atom is 0.344 e. The van der Waals surface area contributed by atoms with Gasteiger partial charge >= 0.3 is 11.9 Å². The number of hydrogen-bond donors (Lipinski definition) is 2. The van der Waals surface area contributed by atoms with Crippen molar-refractivity contribution in [2.24, 2.45) is 4.99 Å². The summed E-state index contributed by atoms with van der Waals surface area (Å²) in [6.45, 7) is 1.34. The summed E-state index contributed by atoms with van der Waals surface area (Å²) in [6.07, 6.45) is 1.68. The van der Waals surface area contributed by atoms with Crippen LogP contribution < -0.4 is 9.47 Å². The molecule has 0 fully saturated rings. The molecule has 33 heavy (non-hydrogen) atoms. The Kier molecular flexibility index (Phi) is 8.39. The van der Waals surface area contributed by atoms with Crippen molar-refractivity contribution >= 4 is 63.1 Å². The molecule has 0 radical (unpaired) electrons. The van der Waals surface area contributed by atoms with Gasteiger partial charge in [-0.3, -0.25) is 0 Å². The second-order valence-corrected chi connectivity index (χ2v) is 8.72. The molecule has 1 aliphatic heterocycles. The van der Waals surface area contributed by atoms with E-state index in [0.717, 1.165) is 11.8 Å². The first kappa shape index (κ1) is 24.6. The molecule has 0 saturated heterocycles.